The first kappa shape index (κ1) is 15.6. The Morgan fingerprint density at radius 3 is 2.57 bits per heavy atom. The number of ether oxygens (including phenoxy) is 1. The van der Waals surface area contributed by atoms with Gasteiger partial charge >= 0.3 is 0 Å². The molecule has 21 heavy (non-hydrogen) atoms. The largest absolute Gasteiger partial charge is 0.496 e. The maximum atomic E-state index is 5.49. The third kappa shape index (κ3) is 3.45. The Bertz CT molecular complexity index is 591. The van der Waals surface area contributed by atoms with Gasteiger partial charge in [-0.3, -0.25) is 4.68 Å². The Kier molecular flexibility index (Phi) is 5.02. The second kappa shape index (κ2) is 6.76. The van der Waals surface area contributed by atoms with Gasteiger partial charge in [-0.15, -0.1) is 0 Å². The molecule has 2 rings (SSSR count). The standard InChI is InChI=1S/C17H25N3O/c1-6-16(14-9-7-8-10-17(14)21-5)18-12(2)15-11-20(4)19-13(15)3/h7-12,16,18H,6H2,1-5H3. The average molecular weight is 287 g/mol. The number of hydrogen-bond acceptors (Lipinski definition) is 3. The van der Waals surface area contributed by atoms with Crippen LogP contribution in [-0.4, -0.2) is 16.9 Å². The van der Waals surface area contributed by atoms with Crippen LogP contribution in [0, 0.1) is 6.92 Å². The summed E-state index contributed by atoms with van der Waals surface area (Å²) < 4.78 is 7.35. The highest BCUT2D eigenvalue weighted by Gasteiger charge is 2.19. The number of methoxy groups -OCH3 is 1. The Morgan fingerprint density at radius 2 is 2.00 bits per heavy atom. The highest BCUT2D eigenvalue weighted by molar-refractivity contribution is 5.36. The minimum Gasteiger partial charge on any atom is -0.496 e. The number of benzene rings is 1. The zero-order valence-electron chi connectivity index (χ0n) is 13.6. The van der Waals surface area contributed by atoms with Crippen LogP contribution in [0.1, 0.15) is 49.2 Å². The van der Waals surface area contributed by atoms with Gasteiger partial charge < -0.3 is 10.1 Å². The molecule has 0 aliphatic heterocycles. The van der Waals surface area contributed by atoms with Gasteiger partial charge in [0.15, 0.2) is 0 Å². The Morgan fingerprint density at radius 1 is 1.29 bits per heavy atom. The lowest BCUT2D eigenvalue weighted by Crippen LogP contribution is -2.24. The van der Waals surface area contributed by atoms with Crippen LogP contribution in [0.25, 0.3) is 0 Å². The summed E-state index contributed by atoms with van der Waals surface area (Å²) in [6.07, 6.45) is 3.09. The Labute approximate surface area is 127 Å². The number of aryl methyl sites for hydroxylation is 2. The van der Waals surface area contributed by atoms with Crippen LogP contribution >= 0.6 is 0 Å². The summed E-state index contributed by atoms with van der Waals surface area (Å²) in [6, 6.07) is 8.71. The summed E-state index contributed by atoms with van der Waals surface area (Å²) in [6.45, 7) is 6.42. The van der Waals surface area contributed by atoms with Crippen molar-refractivity contribution in [3.05, 3.63) is 47.3 Å². The molecular formula is C17H25N3O. The molecule has 0 aliphatic rings. The highest BCUT2D eigenvalue weighted by Crippen LogP contribution is 2.29. The third-order valence-electron chi connectivity index (χ3n) is 3.89. The summed E-state index contributed by atoms with van der Waals surface area (Å²) in [5.74, 6) is 0.937. The molecule has 1 aromatic carbocycles. The maximum absolute atomic E-state index is 5.49. The summed E-state index contributed by atoms with van der Waals surface area (Å²) in [5, 5.41) is 8.12. The predicted molar refractivity (Wildman–Crippen MR) is 85.5 cm³/mol. The van der Waals surface area contributed by atoms with Crippen molar-refractivity contribution in [2.45, 2.75) is 39.3 Å². The van der Waals surface area contributed by atoms with Crippen LogP contribution in [0.3, 0.4) is 0 Å². The van der Waals surface area contributed by atoms with Crippen molar-refractivity contribution in [2.75, 3.05) is 7.11 Å². The number of para-hydroxylation sites is 1. The molecule has 4 nitrogen and oxygen atoms in total. The lowest BCUT2D eigenvalue weighted by Gasteiger charge is -2.24. The highest BCUT2D eigenvalue weighted by atomic mass is 16.5. The van der Waals surface area contributed by atoms with E-state index in [2.05, 4.69) is 49.5 Å². The number of hydrogen-bond donors (Lipinski definition) is 1. The topological polar surface area (TPSA) is 39.1 Å². The molecule has 1 N–H and O–H groups in total. The normalized spacial score (nSPS) is 14.0. The van der Waals surface area contributed by atoms with Crippen molar-refractivity contribution >= 4 is 0 Å². The SMILES string of the molecule is CCC(NC(C)c1cn(C)nc1C)c1ccccc1OC. The molecule has 1 heterocycles. The summed E-state index contributed by atoms with van der Waals surface area (Å²) in [7, 11) is 3.68. The lowest BCUT2D eigenvalue weighted by atomic mass is 10.0. The fourth-order valence-corrected chi connectivity index (χ4v) is 2.82. The van der Waals surface area contributed by atoms with Crippen molar-refractivity contribution in [3.8, 4) is 5.75 Å². The number of nitrogens with one attached hydrogen (secondary N) is 1. The van der Waals surface area contributed by atoms with Crippen molar-refractivity contribution in [1.29, 1.82) is 0 Å². The number of aromatic nitrogens is 2. The fraction of sp³-hybridized carbons (Fsp3) is 0.471. The summed E-state index contributed by atoms with van der Waals surface area (Å²) >= 11 is 0. The molecule has 2 aromatic rings. The van der Waals surface area contributed by atoms with Crippen molar-refractivity contribution in [1.82, 2.24) is 15.1 Å². The monoisotopic (exact) mass is 287 g/mol. The van der Waals surface area contributed by atoms with E-state index in [9.17, 15) is 0 Å². The quantitative estimate of drug-likeness (QED) is 0.883. The number of rotatable bonds is 6. The van der Waals surface area contributed by atoms with Crippen molar-refractivity contribution in [3.63, 3.8) is 0 Å². The van der Waals surface area contributed by atoms with Crippen molar-refractivity contribution < 1.29 is 4.74 Å². The fourth-order valence-electron chi connectivity index (χ4n) is 2.82. The zero-order chi connectivity index (χ0) is 15.4. The first-order valence-electron chi connectivity index (χ1n) is 7.45. The van der Waals surface area contributed by atoms with E-state index in [1.54, 1.807) is 7.11 Å². The molecule has 2 unspecified atom stereocenters. The van der Waals surface area contributed by atoms with E-state index in [1.807, 2.05) is 23.9 Å². The van der Waals surface area contributed by atoms with E-state index >= 15 is 0 Å². The average Bonchev–Trinajstić information content (AvgIpc) is 2.83. The zero-order valence-corrected chi connectivity index (χ0v) is 13.6. The van der Waals surface area contributed by atoms with Gasteiger partial charge in [0.1, 0.15) is 5.75 Å². The van der Waals surface area contributed by atoms with Crippen LogP contribution in [0.5, 0.6) is 5.75 Å². The van der Waals surface area contributed by atoms with Gasteiger partial charge in [0, 0.05) is 36.5 Å². The first-order valence-corrected chi connectivity index (χ1v) is 7.45. The summed E-state index contributed by atoms with van der Waals surface area (Å²) in [5.41, 5.74) is 3.52. The Hall–Kier alpha value is -1.81. The summed E-state index contributed by atoms with van der Waals surface area (Å²) in [4.78, 5) is 0. The van der Waals surface area contributed by atoms with E-state index in [1.165, 1.54) is 11.1 Å². The molecule has 0 bridgehead atoms. The molecule has 0 radical (unpaired) electrons. The van der Waals surface area contributed by atoms with E-state index in [-0.39, 0.29) is 12.1 Å². The van der Waals surface area contributed by atoms with Gasteiger partial charge in [-0.1, -0.05) is 25.1 Å². The molecule has 2 atom stereocenters. The molecule has 4 heteroatoms. The molecule has 0 spiro atoms. The van der Waals surface area contributed by atoms with Crippen LogP contribution in [0.15, 0.2) is 30.5 Å². The van der Waals surface area contributed by atoms with Crippen molar-refractivity contribution in [2.24, 2.45) is 7.05 Å². The van der Waals surface area contributed by atoms with E-state index in [0.29, 0.717) is 0 Å². The van der Waals surface area contributed by atoms with Gasteiger partial charge in [0.2, 0.25) is 0 Å². The van der Waals surface area contributed by atoms with E-state index < -0.39 is 0 Å². The predicted octanol–water partition coefficient (Wildman–Crippen LogP) is 3.54. The van der Waals surface area contributed by atoms with E-state index in [0.717, 1.165) is 17.9 Å². The minimum absolute atomic E-state index is 0.244. The van der Waals surface area contributed by atoms with Gasteiger partial charge in [-0.2, -0.15) is 5.10 Å². The van der Waals surface area contributed by atoms with Gasteiger partial charge in [0.25, 0.3) is 0 Å². The van der Waals surface area contributed by atoms with Gasteiger partial charge in [-0.25, -0.2) is 0 Å². The van der Waals surface area contributed by atoms with Crippen LogP contribution in [0.4, 0.5) is 0 Å². The minimum atomic E-state index is 0.244. The molecule has 1 aromatic heterocycles. The van der Waals surface area contributed by atoms with E-state index in [4.69, 9.17) is 4.74 Å². The third-order valence-corrected chi connectivity index (χ3v) is 3.89. The Balaban J connectivity index is 2.21. The second-order valence-corrected chi connectivity index (χ2v) is 5.43. The lowest BCUT2D eigenvalue weighted by molar-refractivity contribution is 0.388. The molecular weight excluding hydrogens is 262 g/mol. The van der Waals surface area contributed by atoms with Gasteiger partial charge in [0.05, 0.1) is 12.8 Å². The molecule has 114 valence electrons. The molecule has 0 amide bonds. The van der Waals surface area contributed by atoms with Gasteiger partial charge in [-0.05, 0) is 26.3 Å². The van der Waals surface area contributed by atoms with Crippen LogP contribution in [0.2, 0.25) is 0 Å². The second-order valence-electron chi connectivity index (χ2n) is 5.43. The molecule has 0 saturated heterocycles. The van der Waals surface area contributed by atoms with Crippen LogP contribution < -0.4 is 10.1 Å². The molecule has 0 aliphatic carbocycles. The number of nitrogens with zero attached hydrogens (tertiary/aromatic N) is 2. The molecule has 0 saturated carbocycles. The first-order chi connectivity index (χ1) is 10.1. The van der Waals surface area contributed by atoms with Crippen LogP contribution in [-0.2, 0) is 7.05 Å². The maximum Gasteiger partial charge on any atom is 0.123 e. The smallest absolute Gasteiger partial charge is 0.123 e. The molecule has 0 fully saturated rings.